The average Bonchev–Trinajstić information content (AvgIpc) is 2.41. The molecule has 134 valence electrons. The van der Waals surface area contributed by atoms with Gasteiger partial charge in [-0.1, -0.05) is 26.8 Å². The third-order valence-corrected chi connectivity index (χ3v) is 4.04. The molecular formula is C16H17F6NO. The van der Waals surface area contributed by atoms with Crippen molar-refractivity contribution in [3.05, 3.63) is 34.4 Å². The molecular weight excluding hydrogens is 336 g/mol. The van der Waals surface area contributed by atoms with Crippen molar-refractivity contribution in [1.82, 2.24) is 4.90 Å². The maximum absolute atomic E-state index is 13.3. The molecule has 1 aromatic rings. The maximum Gasteiger partial charge on any atom is 0.471 e. The number of hydrogen-bond donors (Lipinski definition) is 0. The van der Waals surface area contributed by atoms with E-state index in [0.29, 0.717) is 10.5 Å². The van der Waals surface area contributed by atoms with Crippen LogP contribution in [-0.4, -0.2) is 23.5 Å². The Morgan fingerprint density at radius 3 is 2.08 bits per heavy atom. The highest BCUT2D eigenvalue weighted by atomic mass is 19.4. The van der Waals surface area contributed by atoms with Gasteiger partial charge in [-0.05, 0) is 34.6 Å². The zero-order valence-electron chi connectivity index (χ0n) is 13.4. The zero-order chi connectivity index (χ0) is 18.5. The Hall–Kier alpha value is -1.73. The average molecular weight is 353 g/mol. The lowest BCUT2D eigenvalue weighted by molar-refractivity contribution is -0.186. The summed E-state index contributed by atoms with van der Waals surface area (Å²) in [5, 5.41) is 0. The number of nitrogens with zero attached hydrogens (tertiary/aromatic N) is 1. The van der Waals surface area contributed by atoms with E-state index >= 15 is 0 Å². The van der Waals surface area contributed by atoms with Crippen molar-refractivity contribution in [2.24, 2.45) is 0 Å². The second-order valence-corrected chi connectivity index (χ2v) is 6.88. The van der Waals surface area contributed by atoms with Crippen molar-refractivity contribution in [1.29, 1.82) is 0 Å². The van der Waals surface area contributed by atoms with Crippen molar-refractivity contribution >= 4 is 5.91 Å². The minimum atomic E-state index is -5.04. The van der Waals surface area contributed by atoms with E-state index in [0.717, 1.165) is 6.07 Å². The normalized spacial score (nSPS) is 16.1. The number of fused-ring (bicyclic) bond motifs is 1. The summed E-state index contributed by atoms with van der Waals surface area (Å²) in [6.07, 6.45) is -9.88. The van der Waals surface area contributed by atoms with Gasteiger partial charge in [-0.3, -0.25) is 4.79 Å². The molecule has 1 aliphatic heterocycles. The Balaban J connectivity index is 2.52. The standard InChI is InChI=1S/C16H17F6NO/c1-14(2,3)10-6-9-8-23(13(24)16(20,21)22)5-4-11(9)12(7-10)15(17,18)19/h6-7H,4-5,8H2,1-3H3. The topological polar surface area (TPSA) is 20.3 Å². The molecule has 0 N–H and O–H groups in total. The van der Waals surface area contributed by atoms with E-state index in [1.165, 1.54) is 6.07 Å². The van der Waals surface area contributed by atoms with Crippen molar-refractivity contribution in [3.8, 4) is 0 Å². The van der Waals surface area contributed by atoms with Gasteiger partial charge in [0.25, 0.3) is 0 Å². The van der Waals surface area contributed by atoms with Gasteiger partial charge in [0.2, 0.25) is 0 Å². The summed E-state index contributed by atoms with van der Waals surface area (Å²) >= 11 is 0. The van der Waals surface area contributed by atoms with Crippen LogP contribution in [0, 0.1) is 0 Å². The highest BCUT2D eigenvalue weighted by Gasteiger charge is 2.44. The van der Waals surface area contributed by atoms with Crippen LogP contribution in [-0.2, 0) is 29.4 Å². The van der Waals surface area contributed by atoms with Crippen LogP contribution in [0.25, 0.3) is 0 Å². The second-order valence-electron chi connectivity index (χ2n) is 6.88. The Bertz CT molecular complexity index is 654. The summed E-state index contributed by atoms with van der Waals surface area (Å²) in [6.45, 7) is 4.30. The first-order valence-corrected chi connectivity index (χ1v) is 7.31. The van der Waals surface area contributed by atoms with Gasteiger partial charge in [0.05, 0.1) is 5.56 Å². The molecule has 0 atom stereocenters. The number of carbonyl (C=O) groups excluding carboxylic acids is 1. The van der Waals surface area contributed by atoms with E-state index in [4.69, 9.17) is 0 Å². The number of benzene rings is 1. The van der Waals surface area contributed by atoms with Gasteiger partial charge in [-0.25, -0.2) is 0 Å². The van der Waals surface area contributed by atoms with Crippen LogP contribution in [0.3, 0.4) is 0 Å². The van der Waals surface area contributed by atoms with Gasteiger partial charge < -0.3 is 4.90 Å². The fourth-order valence-electron chi connectivity index (χ4n) is 2.74. The highest BCUT2D eigenvalue weighted by molar-refractivity contribution is 5.82. The molecule has 0 bridgehead atoms. The molecule has 2 rings (SSSR count). The highest BCUT2D eigenvalue weighted by Crippen LogP contribution is 2.39. The molecule has 1 aliphatic rings. The summed E-state index contributed by atoms with van der Waals surface area (Å²) in [7, 11) is 0. The third-order valence-electron chi connectivity index (χ3n) is 4.04. The van der Waals surface area contributed by atoms with Crippen molar-refractivity contribution in [2.45, 2.75) is 51.5 Å². The van der Waals surface area contributed by atoms with E-state index in [1.54, 1.807) is 20.8 Å². The maximum atomic E-state index is 13.3. The molecule has 1 amide bonds. The molecule has 2 nitrogen and oxygen atoms in total. The smallest absolute Gasteiger partial charge is 0.330 e. The molecule has 8 heteroatoms. The van der Waals surface area contributed by atoms with Gasteiger partial charge in [-0.15, -0.1) is 0 Å². The number of amides is 1. The number of alkyl halides is 6. The Kier molecular flexibility index (Phi) is 4.39. The lowest BCUT2D eigenvalue weighted by Gasteiger charge is -2.33. The number of rotatable bonds is 0. The molecule has 24 heavy (non-hydrogen) atoms. The fourth-order valence-corrected chi connectivity index (χ4v) is 2.74. The van der Waals surface area contributed by atoms with E-state index in [9.17, 15) is 31.1 Å². The van der Waals surface area contributed by atoms with Crippen LogP contribution in [0.5, 0.6) is 0 Å². The summed E-state index contributed by atoms with van der Waals surface area (Å²) < 4.78 is 77.7. The largest absolute Gasteiger partial charge is 0.471 e. The van der Waals surface area contributed by atoms with Crippen molar-refractivity contribution in [2.75, 3.05) is 6.54 Å². The van der Waals surface area contributed by atoms with Gasteiger partial charge in [0.15, 0.2) is 0 Å². The van der Waals surface area contributed by atoms with Crippen molar-refractivity contribution in [3.63, 3.8) is 0 Å². The van der Waals surface area contributed by atoms with Crippen LogP contribution in [0.15, 0.2) is 12.1 Å². The van der Waals surface area contributed by atoms with Gasteiger partial charge >= 0.3 is 18.3 Å². The first-order valence-electron chi connectivity index (χ1n) is 7.31. The quantitative estimate of drug-likeness (QED) is 0.631. The van der Waals surface area contributed by atoms with Gasteiger partial charge in [0, 0.05) is 13.1 Å². The lowest BCUT2D eigenvalue weighted by Crippen LogP contribution is -2.44. The molecule has 0 aromatic heterocycles. The van der Waals surface area contributed by atoms with E-state index in [1.807, 2.05) is 0 Å². The fraction of sp³-hybridized carbons (Fsp3) is 0.562. The molecule has 0 radical (unpaired) electrons. The monoisotopic (exact) mass is 353 g/mol. The first-order chi connectivity index (χ1) is 10.7. The number of halogens is 6. The molecule has 1 aromatic carbocycles. The van der Waals surface area contributed by atoms with Crippen LogP contribution < -0.4 is 0 Å². The molecule has 0 unspecified atom stereocenters. The predicted octanol–water partition coefficient (Wildman–Crippen LogP) is 4.45. The molecule has 0 saturated heterocycles. The molecule has 0 aliphatic carbocycles. The molecule has 0 spiro atoms. The minimum absolute atomic E-state index is 0.0262. The lowest BCUT2D eigenvalue weighted by atomic mass is 9.82. The summed E-state index contributed by atoms with van der Waals surface area (Å²) in [4.78, 5) is 11.9. The summed E-state index contributed by atoms with van der Waals surface area (Å²) in [5.41, 5.74) is -0.968. The van der Waals surface area contributed by atoms with Crippen LogP contribution >= 0.6 is 0 Å². The van der Waals surface area contributed by atoms with Crippen molar-refractivity contribution < 1.29 is 31.1 Å². The Labute approximate surface area is 135 Å². The Morgan fingerprint density at radius 1 is 1.04 bits per heavy atom. The molecule has 1 heterocycles. The molecule has 0 saturated carbocycles. The Morgan fingerprint density at radius 2 is 1.62 bits per heavy atom. The second kappa shape index (κ2) is 5.67. The van der Waals surface area contributed by atoms with Gasteiger partial charge in [0.1, 0.15) is 0 Å². The van der Waals surface area contributed by atoms with Crippen LogP contribution in [0.2, 0.25) is 0 Å². The number of carbonyl (C=O) groups is 1. The molecule has 0 fully saturated rings. The third kappa shape index (κ3) is 3.67. The minimum Gasteiger partial charge on any atom is -0.330 e. The summed E-state index contributed by atoms with van der Waals surface area (Å²) in [5.74, 6) is -2.03. The van der Waals surface area contributed by atoms with Crippen LogP contribution in [0.4, 0.5) is 26.3 Å². The SMILES string of the molecule is CC(C)(C)c1cc2c(c(C(F)(F)F)c1)CCN(C(=O)C(F)(F)F)C2. The number of hydrogen-bond acceptors (Lipinski definition) is 1. The van der Waals surface area contributed by atoms with Gasteiger partial charge in [-0.2, -0.15) is 26.3 Å². The summed E-state index contributed by atoms with van der Waals surface area (Å²) in [6, 6.07) is 2.53. The zero-order valence-corrected chi connectivity index (χ0v) is 13.4. The van der Waals surface area contributed by atoms with E-state index in [-0.39, 0.29) is 24.1 Å². The van der Waals surface area contributed by atoms with Crippen LogP contribution in [0.1, 0.15) is 43.0 Å². The van der Waals surface area contributed by atoms with E-state index < -0.39 is 35.8 Å². The first kappa shape index (κ1) is 18.6. The predicted molar refractivity (Wildman–Crippen MR) is 75.3 cm³/mol. The van der Waals surface area contributed by atoms with E-state index in [2.05, 4.69) is 0 Å².